The van der Waals surface area contributed by atoms with E-state index in [0.29, 0.717) is 17.6 Å². The standard InChI is InChI=1S/C24H22F4N2O2/c1-14(2)23(30-19-12-18(25)20(26)22(28)21(19)27)24(29)31-13-15-7-6-10-17(11-15)32-16-8-4-3-5-9-16/h3-12,14,23,29-30H,13H2,1-2H3. The molecular formula is C24H22F4N2O2. The second-order valence-corrected chi connectivity index (χ2v) is 7.43. The summed E-state index contributed by atoms with van der Waals surface area (Å²) in [5, 5.41) is 10.8. The molecule has 8 heteroatoms. The van der Waals surface area contributed by atoms with Crippen LogP contribution in [0.4, 0.5) is 23.2 Å². The van der Waals surface area contributed by atoms with Gasteiger partial charge in [0.05, 0.1) is 5.69 Å². The molecular weight excluding hydrogens is 424 g/mol. The first-order chi connectivity index (χ1) is 15.3. The van der Waals surface area contributed by atoms with Gasteiger partial charge in [-0.25, -0.2) is 17.6 Å². The smallest absolute Gasteiger partial charge is 0.204 e. The van der Waals surface area contributed by atoms with Gasteiger partial charge in [-0.1, -0.05) is 44.2 Å². The van der Waals surface area contributed by atoms with E-state index in [1.54, 1.807) is 38.1 Å². The zero-order valence-electron chi connectivity index (χ0n) is 17.5. The molecule has 0 bridgehead atoms. The lowest BCUT2D eigenvalue weighted by Gasteiger charge is -2.24. The highest BCUT2D eigenvalue weighted by atomic mass is 19.2. The maximum Gasteiger partial charge on any atom is 0.204 e. The maximum absolute atomic E-state index is 14.0. The lowest BCUT2D eigenvalue weighted by molar-refractivity contribution is 0.269. The molecule has 0 heterocycles. The number of rotatable bonds is 8. The minimum absolute atomic E-state index is 0.0182. The summed E-state index contributed by atoms with van der Waals surface area (Å²) in [6.45, 7) is 3.46. The number of hydrogen-bond acceptors (Lipinski definition) is 4. The Morgan fingerprint density at radius 1 is 0.875 bits per heavy atom. The van der Waals surface area contributed by atoms with Gasteiger partial charge in [-0.05, 0) is 35.7 Å². The molecule has 0 amide bonds. The average Bonchev–Trinajstić information content (AvgIpc) is 2.78. The fourth-order valence-electron chi connectivity index (χ4n) is 2.95. The molecule has 0 fully saturated rings. The number of hydrogen-bond donors (Lipinski definition) is 2. The van der Waals surface area contributed by atoms with E-state index in [0.717, 1.165) is 5.56 Å². The molecule has 0 aromatic heterocycles. The van der Waals surface area contributed by atoms with Gasteiger partial charge in [-0.2, -0.15) is 0 Å². The maximum atomic E-state index is 14.0. The molecule has 168 valence electrons. The van der Waals surface area contributed by atoms with Crippen LogP contribution < -0.4 is 10.1 Å². The molecule has 0 radical (unpaired) electrons. The zero-order chi connectivity index (χ0) is 23.3. The van der Waals surface area contributed by atoms with E-state index in [2.05, 4.69) is 5.32 Å². The summed E-state index contributed by atoms with van der Waals surface area (Å²) in [6, 6.07) is 15.9. The number of ether oxygens (including phenoxy) is 2. The van der Waals surface area contributed by atoms with Crippen molar-refractivity contribution in [2.75, 3.05) is 5.32 Å². The highest BCUT2D eigenvalue weighted by molar-refractivity contribution is 5.82. The summed E-state index contributed by atoms with van der Waals surface area (Å²) in [7, 11) is 0. The molecule has 1 atom stereocenters. The van der Waals surface area contributed by atoms with Crippen LogP contribution in [0.25, 0.3) is 0 Å². The van der Waals surface area contributed by atoms with Crippen molar-refractivity contribution in [2.24, 2.45) is 5.92 Å². The lowest BCUT2D eigenvalue weighted by Crippen LogP contribution is -2.36. The second-order valence-electron chi connectivity index (χ2n) is 7.43. The highest BCUT2D eigenvalue weighted by Gasteiger charge is 2.25. The van der Waals surface area contributed by atoms with Crippen LogP contribution in [0.3, 0.4) is 0 Å². The Labute approximate surface area is 183 Å². The quantitative estimate of drug-likeness (QED) is 0.134. The minimum Gasteiger partial charge on any atom is -0.475 e. The van der Waals surface area contributed by atoms with Gasteiger partial charge in [0.2, 0.25) is 5.90 Å². The Kier molecular flexibility index (Phi) is 7.35. The Balaban J connectivity index is 1.68. The first-order valence-corrected chi connectivity index (χ1v) is 9.89. The van der Waals surface area contributed by atoms with Gasteiger partial charge in [0.15, 0.2) is 23.3 Å². The van der Waals surface area contributed by atoms with Crippen LogP contribution in [0.5, 0.6) is 11.5 Å². The summed E-state index contributed by atoms with van der Waals surface area (Å²) in [5.74, 6) is -6.21. The van der Waals surface area contributed by atoms with Crippen molar-refractivity contribution in [1.29, 1.82) is 5.41 Å². The van der Waals surface area contributed by atoms with Crippen LogP contribution in [0.1, 0.15) is 19.4 Å². The van der Waals surface area contributed by atoms with E-state index in [4.69, 9.17) is 14.9 Å². The van der Waals surface area contributed by atoms with E-state index in [1.807, 2.05) is 30.3 Å². The molecule has 0 saturated heterocycles. The summed E-state index contributed by atoms with van der Waals surface area (Å²) < 4.78 is 65.6. The predicted molar refractivity (Wildman–Crippen MR) is 114 cm³/mol. The van der Waals surface area contributed by atoms with Crippen molar-refractivity contribution < 1.29 is 27.0 Å². The summed E-state index contributed by atoms with van der Waals surface area (Å²) in [4.78, 5) is 0. The van der Waals surface area contributed by atoms with Crippen molar-refractivity contribution >= 4 is 11.6 Å². The molecule has 1 unspecified atom stereocenters. The van der Waals surface area contributed by atoms with E-state index < -0.39 is 35.0 Å². The number of para-hydroxylation sites is 1. The fraction of sp³-hybridized carbons (Fsp3) is 0.208. The van der Waals surface area contributed by atoms with E-state index >= 15 is 0 Å². The van der Waals surface area contributed by atoms with Crippen molar-refractivity contribution in [3.63, 3.8) is 0 Å². The van der Waals surface area contributed by atoms with Gasteiger partial charge in [-0.3, -0.25) is 5.41 Å². The molecule has 0 spiro atoms. The SMILES string of the molecule is CC(C)C(Nc1cc(F)c(F)c(F)c1F)C(=N)OCc1cccc(Oc2ccccc2)c1. The highest BCUT2D eigenvalue weighted by Crippen LogP contribution is 2.25. The first-order valence-electron chi connectivity index (χ1n) is 9.89. The van der Waals surface area contributed by atoms with Crippen LogP contribution in [0, 0.1) is 34.6 Å². The van der Waals surface area contributed by atoms with E-state index in [9.17, 15) is 17.6 Å². The van der Waals surface area contributed by atoms with Gasteiger partial charge in [0, 0.05) is 6.07 Å². The average molecular weight is 446 g/mol. The van der Waals surface area contributed by atoms with Gasteiger partial charge < -0.3 is 14.8 Å². The Morgan fingerprint density at radius 2 is 1.56 bits per heavy atom. The second kappa shape index (κ2) is 10.2. The zero-order valence-corrected chi connectivity index (χ0v) is 17.5. The molecule has 3 rings (SSSR count). The fourth-order valence-corrected chi connectivity index (χ4v) is 2.95. The largest absolute Gasteiger partial charge is 0.475 e. The van der Waals surface area contributed by atoms with Gasteiger partial charge in [0.25, 0.3) is 0 Å². The van der Waals surface area contributed by atoms with E-state index in [1.165, 1.54) is 0 Å². The van der Waals surface area contributed by atoms with Crippen molar-refractivity contribution in [3.05, 3.63) is 89.5 Å². The molecule has 0 saturated carbocycles. The minimum atomic E-state index is -1.92. The van der Waals surface area contributed by atoms with Gasteiger partial charge >= 0.3 is 0 Å². The van der Waals surface area contributed by atoms with Crippen LogP contribution >= 0.6 is 0 Å². The first kappa shape index (κ1) is 23.1. The monoisotopic (exact) mass is 446 g/mol. The third-order valence-corrected chi connectivity index (χ3v) is 4.63. The van der Waals surface area contributed by atoms with Crippen molar-refractivity contribution in [2.45, 2.75) is 26.5 Å². The molecule has 0 aliphatic heterocycles. The molecule has 3 aromatic carbocycles. The third kappa shape index (κ3) is 5.57. The number of halogens is 4. The number of anilines is 1. The topological polar surface area (TPSA) is 54.3 Å². The molecule has 3 aromatic rings. The van der Waals surface area contributed by atoms with Crippen molar-refractivity contribution in [1.82, 2.24) is 0 Å². The molecule has 2 N–H and O–H groups in total. The van der Waals surface area contributed by atoms with Gasteiger partial charge in [-0.15, -0.1) is 0 Å². The van der Waals surface area contributed by atoms with Crippen molar-refractivity contribution in [3.8, 4) is 11.5 Å². The molecule has 0 aliphatic carbocycles. The van der Waals surface area contributed by atoms with Gasteiger partial charge in [0.1, 0.15) is 24.1 Å². The third-order valence-electron chi connectivity index (χ3n) is 4.63. The van der Waals surface area contributed by atoms with Crippen LogP contribution in [-0.4, -0.2) is 11.9 Å². The van der Waals surface area contributed by atoms with E-state index in [-0.39, 0.29) is 18.4 Å². The number of nitrogens with one attached hydrogen (secondary N) is 2. The van der Waals surface area contributed by atoms with Crippen LogP contribution in [0.2, 0.25) is 0 Å². The lowest BCUT2D eigenvalue weighted by atomic mass is 10.0. The normalized spacial score (nSPS) is 11.8. The number of benzene rings is 3. The summed E-state index contributed by atoms with van der Waals surface area (Å²) in [5.41, 5.74) is 0.127. The predicted octanol–water partition coefficient (Wildman–Crippen LogP) is 6.67. The summed E-state index contributed by atoms with van der Waals surface area (Å²) >= 11 is 0. The Bertz CT molecular complexity index is 1090. The Morgan fingerprint density at radius 3 is 2.25 bits per heavy atom. The van der Waals surface area contributed by atoms with Crippen LogP contribution in [0.15, 0.2) is 60.7 Å². The molecule has 0 aliphatic rings. The van der Waals surface area contributed by atoms with Crippen LogP contribution in [-0.2, 0) is 11.3 Å². The molecule has 32 heavy (non-hydrogen) atoms. The summed E-state index contributed by atoms with van der Waals surface area (Å²) in [6.07, 6.45) is 0. The molecule has 4 nitrogen and oxygen atoms in total. The Hall–Kier alpha value is -3.55.